The molecule has 3 nitrogen and oxygen atoms in total. The van der Waals surface area contributed by atoms with E-state index in [-0.39, 0.29) is 0 Å². The van der Waals surface area contributed by atoms with Crippen molar-refractivity contribution < 1.29 is 9.84 Å². The number of hydrogen-bond donors (Lipinski definition) is 1. The van der Waals surface area contributed by atoms with E-state index in [9.17, 15) is 5.11 Å². The number of rotatable bonds is 0. The lowest BCUT2D eigenvalue weighted by molar-refractivity contribution is 0.112. The van der Waals surface area contributed by atoms with Crippen LogP contribution >= 0.6 is 11.6 Å². The number of nitrogens with zero attached hydrogens (tertiary/aromatic N) is 1. The third-order valence-electron chi connectivity index (χ3n) is 1.84. The zero-order valence-electron chi connectivity index (χ0n) is 6.33. The Morgan fingerprint density at radius 3 is 3.25 bits per heavy atom. The maximum Gasteiger partial charge on any atom is 0.220 e. The first kappa shape index (κ1) is 7.83. The number of halogens is 1. The minimum absolute atomic E-state index is 0.392. The highest BCUT2D eigenvalue weighted by atomic mass is 35.5. The number of fused-ring (bicyclic) bond motifs is 1. The van der Waals surface area contributed by atoms with E-state index in [2.05, 4.69) is 4.98 Å². The lowest BCUT2D eigenvalue weighted by Gasteiger charge is -2.20. The van der Waals surface area contributed by atoms with Gasteiger partial charge in [-0.25, -0.2) is 4.98 Å². The SMILES string of the molecule is OC1CCOc2nc(Cl)ccc21. The van der Waals surface area contributed by atoms with Gasteiger partial charge in [0.1, 0.15) is 5.15 Å². The minimum atomic E-state index is -0.460. The molecule has 1 unspecified atom stereocenters. The predicted molar refractivity (Wildman–Crippen MR) is 44.3 cm³/mol. The summed E-state index contributed by atoms with van der Waals surface area (Å²) < 4.78 is 5.22. The van der Waals surface area contributed by atoms with Crippen LogP contribution in [0.3, 0.4) is 0 Å². The Hall–Kier alpha value is -0.800. The number of aliphatic hydroxyl groups excluding tert-OH is 1. The lowest BCUT2D eigenvalue weighted by Crippen LogP contribution is -2.14. The fraction of sp³-hybridized carbons (Fsp3) is 0.375. The second kappa shape index (κ2) is 2.92. The van der Waals surface area contributed by atoms with Crippen LogP contribution in [0.1, 0.15) is 18.1 Å². The maximum atomic E-state index is 9.49. The van der Waals surface area contributed by atoms with Crippen LogP contribution in [0, 0.1) is 0 Å². The van der Waals surface area contributed by atoms with Gasteiger partial charge in [0, 0.05) is 12.0 Å². The molecule has 2 heterocycles. The molecule has 2 rings (SSSR count). The van der Waals surface area contributed by atoms with E-state index in [4.69, 9.17) is 16.3 Å². The average Bonchev–Trinajstić information content (AvgIpc) is 2.04. The largest absolute Gasteiger partial charge is 0.477 e. The minimum Gasteiger partial charge on any atom is -0.477 e. The van der Waals surface area contributed by atoms with Gasteiger partial charge in [-0.1, -0.05) is 11.6 Å². The van der Waals surface area contributed by atoms with Crippen molar-refractivity contribution in [2.24, 2.45) is 0 Å². The third-order valence-corrected chi connectivity index (χ3v) is 2.06. The standard InChI is InChI=1S/C8H8ClNO2/c9-7-2-1-5-6(11)3-4-12-8(5)10-7/h1-2,6,11H,3-4H2. The van der Waals surface area contributed by atoms with Crippen LogP contribution in [-0.2, 0) is 0 Å². The Kier molecular flexibility index (Phi) is 1.90. The van der Waals surface area contributed by atoms with Gasteiger partial charge in [-0.3, -0.25) is 0 Å². The summed E-state index contributed by atoms with van der Waals surface area (Å²) in [7, 11) is 0. The van der Waals surface area contributed by atoms with Crippen molar-refractivity contribution in [1.29, 1.82) is 0 Å². The fourth-order valence-electron chi connectivity index (χ4n) is 1.22. The summed E-state index contributed by atoms with van der Waals surface area (Å²) in [6.45, 7) is 0.501. The zero-order chi connectivity index (χ0) is 8.55. The van der Waals surface area contributed by atoms with Crippen molar-refractivity contribution in [2.45, 2.75) is 12.5 Å². The lowest BCUT2D eigenvalue weighted by atomic mass is 10.1. The van der Waals surface area contributed by atoms with Crippen LogP contribution in [0.25, 0.3) is 0 Å². The van der Waals surface area contributed by atoms with Gasteiger partial charge in [-0.15, -0.1) is 0 Å². The van der Waals surface area contributed by atoms with Gasteiger partial charge in [0.25, 0.3) is 0 Å². The molecule has 0 fully saturated rings. The molecule has 0 radical (unpaired) electrons. The highest BCUT2D eigenvalue weighted by molar-refractivity contribution is 6.29. The number of hydrogen-bond acceptors (Lipinski definition) is 3. The molecule has 0 bridgehead atoms. The van der Waals surface area contributed by atoms with Crippen LogP contribution in [0.5, 0.6) is 5.88 Å². The first-order valence-corrected chi connectivity index (χ1v) is 4.12. The van der Waals surface area contributed by atoms with Crippen molar-refractivity contribution in [3.63, 3.8) is 0 Å². The van der Waals surface area contributed by atoms with Crippen LogP contribution in [0.15, 0.2) is 12.1 Å². The van der Waals surface area contributed by atoms with Crippen molar-refractivity contribution in [1.82, 2.24) is 4.98 Å². The first-order chi connectivity index (χ1) is 5.77. The van der Waals surface area contributed by atoms with Crippen molar-refractivity contribution in [2.75, 3.05) is 6.61 Å². The molecule has 64 valence electrons. The molecule has 0 aromatic carbocycles. The Morgan fingerprint density at radius 2 is 2.42 bits per heavy atom. The molecule has 0 saturated heterocycles. The van der Waals surface area contributed by atoms with Crippen LogP contribution in [-0.4, -0.2) is 16.7 Å². The van der Waals surface area contributed by atoms with Gasteiger partial charge < -0.3 is 9.84 Å². The molecular weight excluding hydrogens is 178 g/mol. The van der Waals surface area contributed by atoms with E-state index in [0.29, 0.717) is 24.1 Å². The van der Waals surface area contributed by atoms with Gasteiger partial charge in [-0.2, -0.15) is 0 Å². The highest BCUT2D eigenvalue weighted by Gasteiger charge is 2.20. The molecular formula is C8H8ClNO2. The number of ether oxygens (including phenoxy) is 1. The molecule has 1 aliphatic rings. The molecule has 1 N–H and O–H groups in total. The van der Waals surface area contributed by atoms with Gasteiger partial charge >= 0.3 is 0 Å². The molecule has 0 amide bonds. The van der Waals surface area contributed by atoms with E-state index in [1.165, 1.54) is 0 Å². The first-order valence-electron chi connectivity index (χ1n) is 3.74. The molecule has 1 aliphatic heterocycles. The van der Waals surface area contributed by atoms with Gasteiger partial charge in [-0.05, 0) is 12.1 Å². The fourth-order valence-corrected chi connectivity index (χ4v) is 1.36. The molecule has 1 aromatic rings. The predicted octanol–water partition coefficient (Wildman–Crippen LogP) is 1.55. The summed E-state index contributed by atoms with van der Waals surface area (Å²) in [6, 6.07) is 3.40. The molecule has 0 spiro atoms. The summed E-state index contributed by atoms with van der Waals surface area (Å²) in [4.78, 5) is 3.95. The molecule has 1 atom stereocenters. The second-order valence-corrected chi connectivity index (χ2v) is 3.07. The second-order valence-electron chi connectivity index (χ2n) is 2.68. The van der Waals surface area contributed by atoms with Crippen molar-refractivity contribution in [3.8, 4) is 5.88 Å². The van der Waals surface area contributed by atoms with Crippen molar-refractivity contribution >= 4 is 11.6 Å². The van der Waals surface area contributed by atoms with Crippen LogP contribution in [0.4, 0.5) is 0 Å². The number of pyridine rings is 1. The topological polar surface area (TPSA) is 42.4 Å². The van der Waals surface area contributed by atoms with Crippen molar-refractivity contribution in [3.05, 3.63) is 22.8 Å². The Labute approximate surface area is 75.0 Å². The van der Waals surface area contributed by atoms with Gasteiger partial charge in [0.05, 0.1) is 12.7 Å². The summed E-state index contributed by atoms with van der Waals surface area (Å²) in [5, 5.41) is 9.88. The molecule has 1 aromatic heterocycles. The van der Waals surface area contributed by atoms with Gasteiger partial charge in [0.2, 0.25) is 5.88 Å². The van der Waals surface area contributed by atoms with E-state index >= 15 is 0 Å². The zero-order valence-corrected chi connectivity index (χ0v) is 7.08. The van der Waals surface area contributed by atoms with E-state index in [0.717, 1.165) is 5.56 Å². The summed E-state index contributed by atoms with van der Waals surface area (Å²) >= 11 is 5.65. The normalized spacial score (nSPS) is 21.3. The molecule has 0 saturated carbocycles. The molecule has 12 heavy (non-hydrogen) atoms. The smallest absolute Gasteiger partial charge is 0.220 e. The Balaban J connectivity index is 2.46. The molecule has 0 aliphatic carbocycles. The van der Waals surface area contributed by atoms with Crippen LogP contribution < -0.4 is 4.74 Å². The van der Waals surface area contributed by atoms with E-state index < -0.39 is 6.10 Å². The Bertz CT molecular complexity index is 303. The average molecular weight is 186 g/mol. The Morgan fingerprint density at radius 1 is 1.58 bits per heavy atom. The van der Waals surface area contributed by atoms with Gasteiger partial charge in [0.15, 0.2) is 0 Å². The summed E-state index contributed by atoms with van der Waals surface area (Å²) in [6.07, 6.45) is 0.162. The quantitative estimate of drug-likeness (QED) is 0.624. The van der Waals surface area contributed by atoms with Crippen LogP contribution in [0.2, 0.25) is 5.15 Å². The third kappa shape index (κ3) is 1.26. The highest BCUT2D eigenvalue weighted by Crippen LogP contribution is 2.30. The summed E-state index contributed by atoms with van der Waals surface area (Å²) in [5.74, 6) is 0.459. The molecule has 4 heteroatoms. The van der Waals surface area contributed by atoms with E-state index in [1.807, 2.05) is 0 Å². The maximum absolute atomic E-state index is 9.49. The number of aliphatic hydroxyl groups is 1. The van der Waals surface area contributed by atoms with E-state index in [1.54, 1.807) is 12.1 Å². The monoisotopic (exact) mass is 185 g/mol. The number of aromatic nitrogens is 1. The summed E-state index contributed by atoms with van der Waals surface area (Å²) in [5.41, 5.74) is 0.727.